The van der Waals surface area contributed by atoms with Gasteiger partial charge in [-0.1, -0.05) is 5.21 Å². The number of rotatable bonds is 3. The molecule has 1 aromatic rings. The first-order valence-corrected chi connectivity index (χ1v) is 6.09. The number of amides is 2. The molecular weight excluding hydrogens is 252 g/mol. The van der Waals surface area contributed by atoms with E-state index in [1.54, 1.807) is 6.92 Å². The number of urea groups is 1. The molecule has 1 aliphatic rings. The summed E-state index contributed by atoms with van der Waals surface area (Å²) in [4.78, 5) is 24.5. The Morgan fingerprint density at radius 2 is 2.37 bits per heavy atom. The number of hydrogen-bond donors (Lipinski definition) is 3. The molecule has 104 valence electrons. The zero-order valence-corrected chi connectivity index (χ0v) is 10.5. The van der Waals surface area contributed by atoms with E-state index in [4.69, 9.17) is 5.11 Å². The number of carboxylic acids is 1. The molecule has 0 radical (unpaired) electrons. The van der Waals surface area contributed by atoms with Crippen LogP contribution in [0, 0.1) is 5.92 Å². The molecule has 3 N–H and O–H groups in total. The van der Waals surface area contributed by atoms with E-state index in [1.165, 1.54) is 4.90 Å². The Hall–Kier alpha value is -2.19. The maximum absolute atomic E-state index is 12.0. The van der Waals surface area contributed by atoms with Gasteiger partial charge >= 0.3 is 12.0 Å². The van der Waals surface area contributed by atoms with E-state index in [-0.39, 0.29) is 18.6 Å². The molecule has 2 rings (SSSR count). The van der Waals surface area contributed by atoms with Crippen LogP contribution in [0.4, 0.5) is 4.79 Å². The van der Waals surface area contributed by atoms with E-state index >= 15 is 0 Å². The molecule has 0 aromatic carbocycles. The van der Waals surface area contributed by atoms with E-state index in [9.17, 15) is 9.59 Å². The van der Waals surface area contributed by atoms with Crippen molar-refractivity contribution in [1.82, 2.24) is 30.8 Å². The van der Waals surface area contributed by atoms with Crippen LogP contribution in [0.3, 0.4) is 0 Å². The maximum atomic E-state index is 12.0. The minimum absolute atomic E-state index is 0.236. The number of carbonyl (C=O) groups excluding carboxylic acids is 1. The van der Waals surface area contributed by atoms with Crippen molar-refractivity contribution in [3.63, 3.8) is 0 Å². The predicted molar refractivity (Wildman–Crippen MR) is 63.1 cm³/mol. The molecule has 1 fully saturated rings. The largest absolute Gasteiger partial charge is 0.481 e. The standard InChI is InChI=1S/C10H16N6O3/c1-6(8-12-14-15-13-8)11-10(19)16-4-2-3-7(5-16)9(17)18/h6-7H,2-5H2,1H3,(H,11,19)(H,17,18)(H,12,13,14,15). The average Bonchev–Trinajstić information content (AvgIpc) is 2.92. The van der Waals surface area contributed by atoms with Gasteiger partial charge < -0.3 is 15.3 Å². The molecule has 2 unspecified atom stereocenters. The summed E-state index contributed by atoms with van der Waals surface area (Å²) in [6.45, 7) is 2.54. The first kappa shape index (κ1) is 13.2. The monoisotopic (exact) mass is 268 g/mol. The van der Waals surface area contributed by atoms with Gasteiger partial charge in [0.15, 0.2) is 5.82 Å². The second-order valence-corrected chi connectivity index (χ2v) is 4.56. The molecule has 2 heterocycles. The van der Waals surface area contributed by atoms with Crippen LogP contribution in [0.2, 0.25) is 0 Å². The van der Waals surface area contributed by atoms with E-state index in [0.29, 0.717) is 25.2 Å². The smallest absolute Gasteiger partial charge is 0.318 e. The summed E-state index contributed by atoms with van der Waals surface area (Å²) in [6, 6.07) is -0.681. The Labute approximate surface area is 109 Å². The van der Waals surface area contributed by atoms with Gasteiger partial charge in [0.05, 0.1) is 12.0 Å². The Kier molecular flexibility index (Phi) is 3.93. The summed E-state index contributed by atoms with van der Waals surface area (Å²) >= 11 is 0. The third-order valence-corrected chi connectivity index (χ3v) is 3.15. The van der Waals surface area contributed by atoms with Crippen molar-refractivity contribution in [3.05, 3.63) is 5.82 Å². The van der Waals surface area contributed by atoms with Crippen LogP contribution in [0.15, 0.2) is 0 Å². The number of carbonyl (C=O) groups is 2. The normalized spacial score (nSPS) is 20.9. The lowest BCUT2D eigenvalue weighted by molar-refractivity contribution is -0.143. The molecule has 2 atom stereocenters. The summed E-state index contributed by atoms with van der Waals surface area (Å²) in [7, 11) is 0. The van der Waals surface area contributed by atoms with Gasteiger partial charge in [-0.15, -0.1) is 10.2 Å². The Balaban J connectivity index is 1.91. The third kappa shape index (κ3) is 3.18. The Morgan fingerprint density at radius 1 is 1.58 bits per heavy atom. The topological polar surface area (TPSA) is 124 Å². The molecule has 0 saturated carbocycles. The molecule has 1 aromatic heterocycles. The fourth-order valence-corrected chi connectivity index (χ4v) is 2.06. The van der Waals surface area contributed by atoms with Crippen molar-refractivity contribution < 1.29 is 14.7 Å². The quantitative estimate of drug-likeness (QED) is 0.695. The molecular formula is C10H16N6O3. The number of nitrogens with zero attached hydrogens (tertiary/aromatic N) is 4. The number of nitrogens with one attached hydrogen (secondary N) is 2. The van der Waals surface area contributed by atoms with Crippen molar-refractivity contribution in [2.45, 2.75) is 25.8 Å². The summed E-state index contributed by atoms with van der Waals surface area (Å²) in [5, 5.41) is 25.0. The predicted octanol–water partition coefficient (Wildman–Crippen LogP) is -0.233. The lowest BCUT2D eigenvalue weighted by Gasteiger charge is -2.31. The molecule has 2 amide bonds. The summed E-state index contributed by atoms with van der Waals surface area (Å²) < 4.78 is 0. The van der Waals surface area contributed by atoms with Crippen molar-refractivity contribution >= 4 is 12.0 Å². The highest BCUT2D eigenvalue weighted by Crippen LogP contribution is 2.17. The molecule has 19 heavy (non-hydrogen) atoms. The van der Waals surface area contributed by atoms with Crippen molar-refractivity contribution in [2.24, 2.45) is 5.92 Å². The molecule has 1 aliphatic heterocycles. The number of carboxylic acid groups (broad SMARTS) is 1. The van der Waals surface area contributed by atoms with Crippen LogP contribution < -0.4 is 5.32 Å². The highest BCUT2D eigenvalue weighted by molar-refractivity contribution is 5.76. The number of aromatic nitrogens is 4. The SMILES string of the molecule is CC(NC(=O)N1CCCC(C(=O)O)C1)c1nn[nH]n1. The first-order valence-electron chi connectivity index (χ1n) is 6.09. The minimum Gasteiger partial charge on any atom is -0.481 e. The number of tetrazole rings is 1. The first-order chi connectivity index (χ1) is 9.08. The van der Waals surface area contributed by atoms with Crippen molar-refractivity contribution in [3.8, 4) is 0 Å². The molecule has 0 spiro atoms. The van der Waals surface area contributed by atoms with Crippen LogP contribution in [-0.2, 0) is 4.79 Å². The zero-order valence-electron chi connectivity index (χ0n) is 10.5. The van der Waals surface area contributed by atoms with Gasteiger partial charge in [0, 0.05) is 13.1 Å². The van der Waals surface area contributed by atoms with Crippen LogP contribution >= 0.6 is 0 Å². The number of piperidine rings is 1. The summed E-state index contributed by atoms with van der Waals surface area (Å²) in [5.41, 5.74) is 0. The number of H-pyrrole nitrogens is 1. The lowest BCUT2D eigenvalue weighted by Crippen LogP contribution is -2.47. The molecule has 1 saturated heterocycles. The zero-order chi connectivity index (χ0) is 13.8. The third-order valence-electron chi connectivity index (χ3n) is 3.15. The highest BCUT2D eigenvalue weighted by atomic mass is 16.4. The van der Waals surface area contributed by atoms with Gasteiger partial charge in [-0.25, -0.2) is 4.79 Å². The van der Waals surface area contributed by atoms with Crippen LogP contribution in [0.25, 0.3) is 0 Å². The molecule has 9 nitrogen and oxygen atoms in total. The van der Waals surface area contributed by atoms with Gasteiger partial charge in [-0.2, -0.15) is 5.21 Å². The van der Waals surface area contributed by atoms with Gasteiger partial charge in [0.25, 0.3) is 0 Å². The fraction of sp³-hybridized carbons (Fsp3) is 0.700. The van der Waals surface area contributed by atoms with Crippen LogP contribution in [0.1, 0.15) is 31.6 Å². The lowest BCUT2D eigenvalue weighted by atomic mass is 9.99. The van der Waals surface area contributed by atoms with Crippen molar-refractivity contribution in [2.75, 3.05) is 13.1 Å². The number of likely N-dealkylation sites (tertiary alicyclic amines) is 1. The maximum Gasteiger partial charge on any atom is 0.318 e. The fourth-order valence-electron chi connectivity index (χ4n) is 2.06. The van der Waals surface area contributed by atoms with Gasteiger partial charge in [-0.05, 0) is 19.8 Å². The molecule has 9 heteroatoms. The van der Waals surface area contributed by atoms with Crippen molar-refractivity contribution in [1.29, 1.82) is 0 Å². The second-order valence-electron chi connectivity index (χ2n) is 4.56. The van der Waals surface area contributed by atoms with E-state index in [2.05, 4.69) is 25.9 Å². The molecule has 0 aliphatic carbocycles. The molecule has 0 bridgehead atoms. The second kappa shape index (κ2) is 5.63. The summed E-state index contributed by atoms with van der Waals surface area (Å²) in [5.74, 6) is -0.955. The Morgan fingerprint density at radius 3 is 3.00 bits per heavy atom. The average molecular weight is 268 g/mol. The summed E-state index contributed by atoms with van der Waals surface area (Å²) in [6.07, 6.45) is 1.31. The minimum atomic E-state index is -0.858. The highest BCUT2D eigenvalue weighted by Gasteiger charge is 2.29. The number of aromatic amines is 1. The van der Waals surface area contributed by atoms with Crippen LogP contribution in [0.5, 0.6) is 0 Å². The number of hydrogen-bond acceptors (Lipinski definition) is 5. The van der Waals surface area contributed by atoms with Crippen LogP contribution in [-0.4, -0.2) is 55.7 Å². The van der Waals surface area contributed by atoms with Gasteiger partial charge in [-0.3, -0.25) is 4.79 Å². The van der Waals surface area contributed by atoms with E-state index in [0.717, 1.165) is 0 Å². The van der Waals surface area contributed by atoms with Gasteiger partial charge in [0.2, 0.25) is 0 Å². The van der Waals surface area contributed by atoms with Gasteiger partial charge in [0.1, 0.15) is 0 Å². The Bertz CT molecular complexity index is 448. The van der Waals surface area contributed by atoms with E-state index < -0.39 is 11.9 Å². The van der Waals surface area contributed by atoms with E-state index in [1.807, 2.05) is 0 Å². The number of aliphatic carboxylic acids is 1.